The number of benzene rings is 3. The van der Waals surface area contributed by atoms with Crippen LogP contribution in [0.25, 0.3) is 28.3 Å². The summed E-state index contributed by atoms with van der Waals surface area (Å²) in [7, 11) is 0. The first-order valence-corrected chi connectivity index (χ1v) is 10.9. The lowest BCUT2D eigenvalue weighted by atomic mass is 9.87. The van der Waals surface area contributed by atoms with Crippen LogP contribution in [-0.2, 0) is 4.79 Å². The van der Waals surface area contributed by atoms with E-state index in [1.54, 1.807) is 18.5 Å². The molecule has 0 atom stereocenters. The van der Waals surface area contributed by atoms with E-state index >= 15 is 0 Å². The molecule has 168 valence electrons. The normalized spacial score (nSPS) is 12.0. The van der Waals surface area contributed by atoms with Crippen molar-refractivity contribution in [1.82, 2.24) is 9.97 Å². The molecule has 34 heavy (non-hydrogen) atoms. The van der Waals surface area contributed by atoms with E-state index in [0.29, 0.717) is 11.3 Å². The number of aromatic nitrogens is 2. The molecule has 6 nitrogen and oxygen atoms in total. The minimum atomic E-state index is -0.988. The zero-order valence-electron chi connectivity index (χ0n) is 18.7. The number of nitrogens with two attached hydrogens (primary N) is 1. The Kier molecular flexibility index (Phi) is 6.59. The van der Waals surface area contributed by atoms with Gasteiger partial charge in [-0.2, -0.15) is 0 Å². The minimum absolute atomic E-state index is 0.547. The van der Waals surface area contributed by atoms with E-state index in [0.717, 1.165) is 56.9 Å². The third kappa shape index (κ3) is 4.76. The van der Waals surface area contributed by atoms with Crippen LogP contribution in [0.4, 0.5) is 5.69 Å². The average molecular weight is 449 g/mol. The lowest BCUT2D eigenvalue weighted by Gasteiger charge is -2.18. The Morgan fingerprint density at radius 3 is 2.29 bits per heavy atom. The topological polar surface area (TPSA) is 113 Å². The number of carboxylic acid groups (broad SMARTS) is 1. The van der Waals surface area contributed by atoms with Crippen molar-refractivity contribution in [2.75, 3.05) is 5.73 Å². The van der Waals surface area contributed by atoms with Gasteiger partial charge in [-0.05, 0) is 70.2 Å². The van der Waals surface area contributed by atoms with Crippen molar-refractivity contribution < 1.29 is 9.90 Å². The summed E-state index contributed by atoms with van der Waals surface area (Å²) < 4.78 is 0. The molecule has 0 aliphatic heterocycles. The maximum absolute atomic E-state index is 10.9. The van der Waals surface area contributed by atoms with Crippen LogP contribution in [0, 0.1) is 5.41 Å². The number of rotatable bonds is 7. The molecule has 6 heteroatoms. The highest BCUT2D eigenvalue weighted by atomic mass is 16.4. The summed E-state index contributed by atoms with van der Waals surface area (Å²) in [5.74, 6) is -0.988. The lowest BCUT2D eigenvalue weighted by molar-refractivity contribution is -0.131. The van der Waals surface area contributed by atoms with E-state index in [1.807, 2.05) is 54.6 Å². The van der Waals surface area contributed by atoms with Crippen molar-refractivity contribution in [2.24, 2.45) is 0 Å². The molecule has 4 rings (SSSR count). The van der Waals surface area contributed by atoms with E-state index < -0.39 is 5.97 Å². The molecule has 0 saturated heterocycles. The largest absolute Gasteiger partial charge is 0.478 e. The molecule has 0 spiro atoms. The van der Waals surface area contributed by atoms with Gasteiger partial charge in [0.05, 0.1) is 11.0 Å². The minimum Gasteiger partial charge on any atom is -0.478 e. The predicted octanol–water partition coefficient (Wildman–Crippen LogP) is 5.68. The number of allylic oxidation sites excluding steroid dienone is 1. The van der Waals surface area contributed by atoms with Crippen LogP contribution in [0.15, 0.2) is 79.1 Å². The Bertz CT molecular complexity index is 1440. The second-order valence-electron chi connectivity index (χ2n) is 7.75. The SMILES string of the molecule is CC/C(=C(/c1ccc(/C=C/C(=O)O)cc1)c1ccc(N)c(C=N)c1)c1ccc2nccnc2c1. The monoisotopic (exact) mass is 448 g/mol. The molecule has 0 saturated carbocycles. The number of aliphatic carboxylic acids is 1. The van der Waals surface area contributed by atoms with Gasteiger partial charge in [-0.3, -0.25) is 9.97 Å². The first-order valence-electron chi connectivity index (χ1n) is 10.9. The van der Waals surface area contributed by atoms with Gasteiger partial charge in [0.25, 0.3) is 0 Å². The second-order valence-corrected chi connectivity index (χ2v) is 7.75. The summed E-state index contributed by atoms with van der Waals surface area (Å²) in [5, 5.41) is 16.7. The van der Waals surface area contributed by atoms with Gasteiger partial charge in [0.15, 0.2) is 0 Å². The Morgan fingerprint density at radius 1 is 0.941 bits per heavy atom. The summed E-state index contributed by atoms with van der Waals surface area (Å²) in [6.07, 6.45) is 8.06. The van der Waals surface area contributed by atoms with Crippen LogP contribution < -0.4 is 5.73 Å². The van der Waals surface area contributed by atoms with Crippen molar-refractivity contribution in [3.05, 3.63) is 107 Å². The number of nitrogens with one attached hydrogen (secondary N) is 1. The van der Waals surface area contributed by atoms with Crippen molar-refractivity contribution in [3.63, 3.8) is 0 Å². The van der Waals surface area contributed by atoms with Gasteiger partial charge in [-0.25, -0.2) is 4.79 Å². The third-order valence-electron chi connectivity index (χ3n) is 5.62. The smallest absolute Gasteiger partial charge is 0.328 e. The van der Waals surface area contributed by atoms with Crippen molar-refractivity contribution in [1.29, 1.82) is 5.41 Å². The number of carbonyl (C=O) groups is 1. The van der Waals surface area contributed by atoms with Crippen molar-refractivity contribution >= 4 is 46.1 Å². The van der Waals surface area contributed by atoms with Gasteiger partial charge in [-0.15, -0.1) is 0 Å². The zero-order chi connectivity index (χ0) is 24.1. The molecule has 0 aliphatic rings. The summed E-state index contributed by atoms with van der Waals surface area (Å²) in [6, 6.07) is 19.5. The molecular weight excluding hydrogens is 424 g/mol. The van der Waals surface area contributed by atoms with Gasteiger partial charge >= 0.3 is 5.97 Å². The fourth-order valence-corrected chi connectivity index (χ4v) is 3.98. The fraction of sp³-hybridized carbons (Fsp3) is 0.0714. The van der Waals surface area contributed by atoms with E-state index in [9.17, 15) is 4.79 Å². The third-order valence-corrected chi connectivity index (χ3v) is 5.62. The van der Waals surface area contributed by atoms with E-state index in [2.05, 4.69) is 23.0 Å². The molecule has 4 aromatic rings. The number of nitrogen functional groups attached to an aromatic ring is 1. The Labute approximate surface area is 197 Å². The molecule has 3 aromatic carbocycles. The van der Waals surface area contributed by atoms with Crippen LogP contribution in [0.1, 0.15) is 41.2 Å². The maximum atomic E-state index is 10.9. The number of hydrogen-bond donors (Lipinski definition) is 3. The standard InChI is InChI=1S/C28H24N4O2/c1-2-23(20-9-11-25-26(16-20)32-14-13-31-25)28(21-8-10-24(30)22(15-21)17-29)19-6-3-18(4-7-19)5-12-27(33)34/h3-17,29H,2,30H2,1H3,(H,33,34)/b12-5+,28-23+,29-17?. The van der Waals surface area contributed by atoms with E-state index in [-0.39, 0.29) is 0 Å². The molecule has 0 fully saturated rings. The molecule has 0 unspecified atom stereocenters. The highest BCUT2D eigenvalue weighted by Gasteiger charge is 2.15. The van der Waals surface area contributed by atoms with Crippen molar-refractivity contribution in [3.8, 4) is 0 Å². The highest BCUT2D eigenvalue weighted by molar-refractivity contribution is 6.01. The van der Waals surface area contributed by atoms with Crippen LogP contribution in [-0.4, -0.2) is 27.3 Å². The van der Waals surface area contributed by atoms with E-state index in [1.165, 1.54) is 6.21 Å². The van der Waals surface area contributed by atoms with Crippen LogP contribution >= 0.6 is 0 Å². The maximum Gasteiger partial charge on any atom is 0.328 e. The van der Waals surface area contributed by atoms with Gasteiger partial charge in [0, 0.05) is 35.9 Å². The lowest BCUT2D eigenvalue weighted by Crippen LogP contribution is -1.99. The summed E-state index contributed by atoms with van der Waals surface area (Å²) >= 11 is 0. The number of nitrogens with zero attached hydrogens (tertiary/aromatic N) is 2. The van der Waals surface area contributed by atoms with Crippen LogP contribution in [0.2, 0.25) is 0 Å². The van der Waals surface area contributed by atoms with Crippen molar-refractivity contribution in [2.45, 2.75) is 13.3 Å². The van der Waals surface area contributed by atoms with Gasteiger partial charge in [-0.1, -0.05) is 43.3 Å². The fourth-order valence-electron chi connectivity index (χ4n) is 3.98. The molecule has 0 aliphatic carbocycles. The van der Waals surface area contributed by atoms with Gasteiger partial charge < -0.3 is 16.2 Å². The first kappa shape index (κ1) is 22.6. The number of fused-ring (bicyclic) bond motifs is 1. The molecule has 0 bridgehead atoms. The zero-order valence-corrected chi connectivity index (χ0v) is 18.7. The Morgan fingerprint density at radius 2 is 1.62 bits per heavy atom. The molecule has 1 heterocycles. The summed E-state index contributed by atoms with van der Waals surface area (Å²) in [4.78, 5) is 19.7. The summed E-state index contributed by atoms with van der Waals surface area (Å²) in [5.41, 5.74) is 14.8. The van der Waals surface area contributed by atoms with Crippen LogP contribution in [0.3, 0.4) is 0 Å². The Hall–Kier alpha value is -4.58. The highest BCUT2D eigenvalue weighted by Crippen LogP contribution is 2.36. The number of anilines is 1. The second kappa shape index (κ2) is 9.92. The Balaban J connectivity index is 1.94. The average Bonchev–Trinajstić information content (AvgIpc) is 2.86. The number of hydrogen-bond acceptors (Lipinski definition) is 5. The van der Waals surface area contributed by atoms with Gasteiger partial charge in [0.1, 0.15) is 0 Å². The molecule has 0 radical (unpaired) electrons. The quantitative estimate of drug-likeness (QED) is 0.146. The molecular formula is C28H24N4O2. The first-order chi connectivity index (χ1) is 16.5. The number of carboxylic acids is 1. The van der Waals surface area contributed by atoms with E-state index in [4.69, 9.17) is 16.2 Å². The predicted molar refractivity (Wildman–Crippen MR) is 138 cm³/mol. The van der Waals surface area contributed by atoms with Crippen LogP contribution in [0.5, 0.6) is 0 Å². The summed E-state index contributed by atoms with van der Waals surface area (Å²) in [6.45, 7) is 2.11. The van der Waals surface area contributed by atoms with Gasteiger partial charge in [0.2, 0.25) is 0 Å². The molecule has 4 N–H and O–H groups in total. The molecule has 1 aromatic heterocycles. The molecule has 0 amide bonds.